The SMILES string of the molecule is CC[C@H]1O[C@@H](N=[N+]=[N-])C(C)[C@H]1OCc1ccccc1. The Morgan fingerprint density at radius 2 is 2.11 bits per heavy atom. The van der Waals surface area contributed by atoms with Crippen LogP contribution in [0.5, 0.6) is 0 Å². The Labute approximate surface area is 113 Å². The summed E-state index contributed by atoms with van der Waals surface area (Å²) in [5, 5.41) is 3.69. The summed E-state index contributed by atoms with van der Waals surface area (Å²) in [5.41, 5.74) is 9.67. The summed E-state index contributed by atoms with van der Waals surface area (Å²) in [6, 6.07) is 10.0. The van der Waals surface area contributed by atoms with Crippen LogP contribution in [0.3, 0.4) is 0 Å². The molecule has 5 heteroatoms. The van der Waals surface area contributed by atoms with E-state index in [0.29, 0.717) is 6.61 Å². The number of hydrogen-bond acceptors (Lipinski definition) is 3. The molecule has 1 aromatic rings. The number of ether oxygens (including phenoxy) is 2. The molecule has 1 aliphatic rings. The van der Waals surface area contributed by atoms with Gasteiger partial charge in [0.05, 0.1) is 18.8 Å². The molecule has 0 radical (unpaired) electrons. The third-order valence-electron chi connectivity index (χ3n) is 3.50. The van der Waals surface area contributed by atoms with E-state index < -0.39 is 6.23 Å². The first-order valence-electron chi connectivity index (χ1n) is 6.61. The maximum Gasteiger partial charge on any atom is 0.142 e. The van der Waals surface area contributed by atoms with E-state index in [2.05, 4.69) is 16.9 Å². The average Bonchev–Trinajstić information content (AvgIpc) is 2.74. The van der Waals surface area contributed by atoms with Crippen molar-refractivity contribution >= 4 is 0 Å². The molecule has 1 aliphatic heterocycles. The van der Waals surface area contributed by atoms with E-state index in [1.807, 2.05) is 37.3 Å². The van der Waals surface area contributed by atoms with Crippen molar-refractivity contribution in [3.63, 3.8) is 0 Å². The summed E-state index contributed by atoms with van der Waals surface area (Å²) < 4.78 is 11.7. The van der Waals surface area contributed by atoms with Gasteiger partial charge in [0.2, 0.25) is 0 Å². The van der Waals surface area contributed by atoms with Gasteiger partial charge < -0.3 is 9.47 Å². The van der Waals surface area contributed by atoms with Crippen LogP contribution in [0.4, 0.5) is 0 Å². The molecule has 0 amide bonds. The van der Waals surface area contributed by atoms with Crippen LogP contribution in [0.1, 0.15) is 25.8 Å². The molecule has 1 saturated heterocycles. The van der Waals surface area contributed by atoms with Gasteiger partial charge >= 0.3 is 0 Å². The minimum absolute atomic E-state index is 0.00536. The highest BCUT2D eigenvalue weighted by molar-refractivity contribution is 5.13. The third kappa shape index (κ3) is 3.26. The molecule has 0 aliphatic carbocycles. The number of rotatable bonds is 5. The molecule has 1 unspecified atom stereocenters. The van der Waals surface area contributed by atoms with Gasteiger partial charge in [-0.15, -0.1) is 0 Å². The zero-order chi connectivity index (χ0) is 13.7. The average molecular weight is 261 g/mol. The zero-order valence-electron chi connectivity index (χ0n) is 11.3. The van der Waals surface area contributed by atoms with Gasteiger partial charge in [0.1, 0.15) is 6.23 Å². The summed E-state index contributed by atoms with van der Waals surface area (Å²) in [5.74, 6) is 0.0737. The van der Waals surface area contributed by atoms with Gasteiger partial charge in [-0.05, 0) is 17.5 Å². The highest BCUT2D eigenvalue weighted by atomic mass is 16.6. The Morgan fingerprint density at radius 3 is 2.74 bits per heavy atom. The van der Waals surface area contributed by atoms with E-state index in [-0.39, 0.29) is 18.1 Å². The van der Waals surface area contributed by atoms with Gasteiger partial charge in [0.15, 0.2) is 0 Å². The second-order valence-corrected chi connectivity index (χ2v) is 4.80. The number of nitrogens with zero attached hydrogens (tertiary/aromatic N) is 3. The Hall–Kier alpha value is -1.55. The lowest BCUT2D eigenvalue weighted by Crippen LogP contribution is -2.28. The van der Waals surface area contributed by atoms with Gasteiger partial charge in [-0.3, -0.25) is 0 Å². The number of benzene rings is 1. The molecular formula is C14H19N3O2. The molecule has 4 atom stereocenters. The molecule has 0 N–H and O–H groups in total. The fraction of sp³-hybridized carbons (Fsp3) is 0.571. The van der Waals surface area contributed by atoms with Gasteiger partial charge in [-0.2, -0.15) is 0 Å². The van der Waals surface area contributed by atoms with Crippen LogP contribution in [0, 0.1) is 5.92 Å². The second-order valence-electron chi connectivity index (χ2n) is 4.80. The van der Waals surface area contributed by atoms with E-state index in [1.165, 1.54) is 0 Å². The molecule has 0 aromatic heterocycles. The number of hydrogen-bond donors (Lipinski definition) is 0. The smallest absolute Gasteiger partial charge is 0.142 e. The summed E-state index contributed by atoms with van der Waals surface area (Å²) in [4.78, 5) is 2.83. The molecular weight excluding hydrogens is 242 g/mol. The van der Waals surface area contributed by atoms with Crippen LogP contribution in [0.2, 0.25) is 0 Å². The van der Waals surface area contributed by atoms with Crippen LogP contribution in [-0.2, 0) is 16.1 Å². The van der Waals surface area contributed by atoms with Crippen LogP contribution in [0.15, 0.2) is 35.4 Å². The van der Waals surface area contributed by atoms with E-state index in [4.69, 9.17) is 15.0 Å². The fourth-order valence-electron chi connectivity index (χ4n) is 2.42. The molecule has 1 aromatic carbocycles. The molecule has 1 fully saturated rings. The van der Waals surface area contributed by atoms with E-state index in [1.54, 1.807) is 0 Å². The Kier molecular flexibility index (Phi) is 4.80. The fourth-order valence-corrected chi connectivity index (χ4v) is 2.42. The van der Waals surface area contributed by atoms with Crippen LogP contribution in [0.25, 0.3) is 10.4 Å². The van der Waals surface area contributed by atoms with Crippen molar-refractivity contribution in [2.75, 3.05) is 0 Å². The highest BCUT2D eigenvalue weighted by Crippen LogP contribution is 2.32. The zero-order valence-corrected chi connectivity index (χ0v) is 11.3. The normalized spacial score (nSPS) is 30.0. The van der Waals surface area contributed by atoms with Crippen LogP contribution >= 0.6 is 0 Å². The first-order chi connectivity index (χ1) is 9.26. The summed E-state index contributed by atoms with van der Waals surface area (Å²) in [6.45, 7) is 4.61. The Bertz CT molecular complexity index is 445. The predicted molar refractivity (Wildman–Crippen MR) is 72.3 cm³/mol. The first-order valence-corrected chi connectivity index (χ1v) is 6.61. The van der Waals surface area contributed by atoms with Gasteiger partial charge in [0, 0.05) is 10.8 Å². The van der Waals surface area contributed by atoms with Crippen molar-refractivity contribution in [1.29, 1.82) is 0 Å². The second kappa shape index (κ2) is 6.57. The minimum Gasteiger partial charge on any atom is -0.370 e. The molecule has 0 bridgehead atoms. The monoisotopic (exact) mass is 261 g/mol. The van der Waals surface area contributed by atoms with Gasteiger partial charge in [-0.1, -0.05) is 49.3 Å². The quantitative estimate of drug-likeness (QED) is 0.461. The largest absolute Gasteiger partial charge is 0.370 e. The molecule has 0 spiro atoms. The van der Waals surface area contributed by atoms with Crippen molar-refractivity contribution in [2.24, 2.45) is 11.0 Å². The highest BCUT2D eigenvalue weighted by Gasteiger charge is 2.41. The maximum atomic E-state index is 8.54. The topological polar surface area (TPSA) is 67.2 Å². The van der Waals surface area contributed by atoms with E-state index in [0.717, 1.165) is 12.0 Å². The van der Waals surface area contributed by atoms with Crippen molar-refractivity contribution < 1.29 is 9.47 Å². The molecule has 5 nitrogen and oxygen atoms in total. The first kappa shape index (κ1) is 13.9. The molecule has 2 rings (SSSR count). The summed E-state index contributed by atoms with van der Waals surface area (Å²) in [6.07, 6.45) is 0.395. The maximum absolute atomic E-state index is 8.54. The lowest BCUT2D eigenvalue weighted by molar-refractivity contribution is -0.0324. The van der Waals surface area contributed by atoms with E-state index in [9.17, 15) is 0 Å². The van der Waals surface area contributed by atoms with Crippen molar-refractivity contribution in [2.45, 2.75) is 45.3 Å². The summed E-state index contributed by atoms with van der Waals surface area (Å²) in [7, 11) is 0. The molecule has 0 saturated carbocycles. The lowest BCUT2D eigenvalue weighted by Gasteiger charge is -2.20. The standard InChI is InChI=1S/C14H19N3O2/c1-3-12-13(10(2)14(19-12)16-17-15)18-9-11-7-5-4-6-8-11/h4-8,10,12-14H,3,9H2,1-2H3/t10?,12-,13-,14-/m1/s1. The van der Waals surface area contributed by atoms with E-state index >= 15 is 0 Å². The molecule has 1 heterocycles. The van der Waals surface area contributed by atoms with Gasteiger partial charge in [-0.25, -0.2) is 0 Å². The third-order valence-corrected chi connectivity index (χ3v) is 3.50. The Morgan fingerprint density at radius 1 is 1.37 bits per heavy atom. The van der Waals surface area contributed by atoms with Gasteiger partial charge in [0.25, 0.3) is 0 Å². The van der Waals surface area contributed by atoms with Crippen LogP contribution in [-0.4, -0.2) is 18.4 Å². The minimum atomic E-state index is -0.421. The van der Waals surface area contributed by atoms with Crippen LogP contribution < -0.4 is 0 Å². The Balaban J connectivity index is 1.99. The predicted octanol–water partition coefficient (Wildman–Crippen LogP) is 3.65. The van der Waals surface area contributed by atoms with Crippen molar-refractivity contribution in [3.05, 3.63) is 46.3 Å². The number of azide groups is 1. The molecule has 102 valence electrons. The van der Waals surface area contributed by atoms with Crippen molar-refractivity contribution in [1.82, 2.24) is 0 Å². The lowest BCUT2D eigenvalue weighted by atomic mass is 10.0. The van der Waals surface area contributed by atoms with Crippen molar-refractivity contribution in [3.8, 4) is 0 Å². The summed E-state index contributed by atoms with van der Waals surface area (Å²) >= 11 is 0. The molecule has 19 heavy (non-hydrogen) atoms.